The van der Waals surface area contributed by atoms with E-state index in [4.69, 9.17) is 13.3 Å². The summed E-state index contributed by atoms with van der Waals surface area (Å²) in [6.07, 6.45) is 3.03. The molecule has 1 N–H and O–H groups in total. The lowest BCUT2D eigenvalue weighted by molar-refractivity contribution is 0.259. The highest BCUT2D eigenvalue weighted by atomic mass is 16.2. The number of hydrogen-bond donors (Lipinski definition) is 1. The Morgan fingerprint density at radius 2 is 2.27 bits per heavy atom. The third-order valence-corrected chi connectivity index (χ3v) is 1.63. The van der Waals surface area contributed by atoms with Crippen molar-refractivity contribution in [3.8, 4) is 0 Å². The topological polar surface area (TPSA) is 20.2 Å². The SMILES string of the molecule is [2H]C([2H])([2H])C(=CCCC(C)CCO)C([2H])([2H])[2H]. The molecule has 0 fully saturated rings. The first-order chi connectivity index (χ1) is 7.59. The highest BCUT2D eigenvalue weighted by Gasteiger charge is 1.98. The fraction of sp³-hybridized carbons (Fsp3) is 0.800. The van der Waals surface area contributed by atoms with Crippen molar-refractivity contribution in [2.45, 2.75) is 39.9 Å². The van der Waals surface area contributed by atoms with Crippen LogP contribution in [0, 0.1) is 5.92 Å². The summed E-state index contributed by atoms with van der Waals surface area (Å²) in [6.45, 7) is -3.10. The molecule has 0 saturated heterocycles. The number of aliphatic hydroxyl groups is 1. The molecule has 0 heterocycles. The molecule has 1 atom stereocenters. The van der Waals surface area contributed by atoms with E-state index in [-0.39, 0.29) is 12.5 Å². The van der Waals surface area contributed by atoms with Crippen molar-refractivity contribution in [1.29, 1.82) is 0 Å². The standard InChI is InChI=1S/C10H20O/c1-9(2)5-4-6-10(3)7-8-11/h5,10-11H,4,6-8H2,1-3H3/i1D3,2D3. The van der Waals surface area contributed by atoms with E-state index in [1.807, 2.05) is 6.92 Å². The molecule has 0 saturated carbocycles. The van der Waals surface area contributed by atoms with Gasteiger partial charge in [-0.15, -0.1) is 0 Å². The van der Waals surface area contributed by atoms with Crippen LogP contribution in [0.25, 0.3) is 0 Å². The molecule has 0 aliphatic heterocycles. The molecule has 1 unspecified atom stereocenters. The van der Waals surface area contributed by atoms with Crippen LogP contribution >= 0.6 is 0 Å². The Labute approximate surface area is 78.6 Å². The average molecular weight is 162 g/mol. The smallest absolute Gasteiger partial charge is 0.0433 e. The molecule has 0 radical (unpaired) electrons. The summed E-state index contributed by atoms with van der Waals surface area (Å²) >= 11 is 0. The molecule has 0 aromatic carbocycles. The lowest BCUT2D eigenvalue weighted by Gasteiger charge is -2.06. The molecule has 1 heteroatoms. The average Bonchev–Trinajstić information content (AvgIpc) is 2.08. The summed E-state index contributed by atoms with van der Waals surface area (Å²) in [5.74, 6) is 0.255. The van der Waals surface area contributed by atoms with Crippen LogP contribution in [-0.2, 0) is 0 Å². The molecule has 66 valence electrons. The Hall–Kier alpha value is -0.300. The molecule has 0 aromatic heterocycles. The highest BCUT2D eigenvalue weighted by molar-refractivity contribution is 4.92. The molecular weight excluding hydrogens is 136 g/mol. The number of aliphatic hydroxyl groups excluding tert-OH is 1. The predicted molar refractivity (Wildman–Crippen MR) is 49.5 cm³/mol. The van der Waals surface area contributed by atoms with Crippen molar-refractivity contribution in [3.63, 3.8) is 0 Å². The summed E-state index contributed by atoms with van der Waals surface area (Å²) in [7, 11) is 0. The van der Waals surface area contributed by atoms with Gasteiger partial charge in [0.05, 0.1) is 0 Å². The minimum Gasteiger partial charge on any atom is -0.396 e. The van der Waals surface area contributed by atoms with Gasteiger partial charge in [-0.25, -0.2) is 0 Å². The maximum atomic E-state index is 8.71. The van der Waals surface area contributed by atoms with E-state index in [1.54, 1.807) is 0 Å². The van der Waals surface area contributed by atoms with Crippen molar-refractivity contribution >= 4 is 0 Å². The summed E-state index contributed by atoms with van der Waals surface area (Å²) in [5.41, 5.74) is -0.457. The maximum absolute atomic E-state index is 8.71. The monoisotopic (exact) mass is 162 g/mol. The molecule has 0 aromatic rings. The lowest BCUT2D eigenvalue weighted by atomic mass is 10.0. The Kier molecular flexibility index (Phi) is 2.38. The zero-order valence-electron chi connectivity index (χ0n) is 12.9. The first kappa shape index (κ1) is 4.08. The molecular formula is C10H20O. The molecule has 0 rings (SSSR count). The highest BCUT2D eigenvalue weighted by Crippen LogP contribution is 2.10. The van der Waals surface area contributed by atoms with Crippen molar-refractivity contribution in [2.75, 3.05) is 6.61 Å². The summed E-state index contributed by atoms with van der Waals surface area (Å²) in [5, 5.41) is 8.71. The van der Waals surface area contributed by atoms with Crippen LogP contribution in [-0.4, -0.2) is 11.7 Å². The minimum absolute atomic E-state index is 0.0935. The van der Waals surface area contributed by atoms with E-state index >= 15 is 0 Å². The molecule has 1 nitrogen and oxygen atoms in total. The molecule has 0 aliphatic carbocycles. The van der Waals surface area contributed by atoms with Gasteiger partial charge in [0.15, 0.2) is 0 Å². The minimum atomic E-state index is -2.56. The van der Waals surface area contributed by atoms with Gasteiger partial charge in [0.1, 0.15) is 0 Å². The largest absolute Gasteiger partial charge is 0.396 e. The van der Waals surface area contributed by atoms with Crippen LogP contribution in [0.5, 0.6) is 0 Å². The molecule has 0 spiro atoms. The van der Waals surface area contributed by atoms with Gasteiger partial charge in [-0.2, -0.15) is 0 Å². The Balaban J connectivity index is 4.53. The fourth-order valence-electron chi connectivity index (χ4n) is 0.877. The van der Waals surface area contributed by atoms with E-state index in [2.05, 4.69) is 0 Å². The van der Waals surface area contributed by atoms with Gasteiger partial charge in [-0.1, -0.05) is 18.6 Å². The number of hydrogen-bond acceptors (Lipinski definition) is 1. The summed E-state index contributed by atoms with van der Waals surface area (Å²) in [6, 6.07) is 0. The summed E-state index contributed by atoms with van der Waals surface area (Å²) < 4.78 is 43.1. The number of rotatable bonds is 5. The van der Waals surface area contributed by atoms with Gasteiger partial charge in [-0.3, -0.25) is 0 Å². The van der Waals surface area contributed by atoms with Crippen LogP contribution in [0.2, 0.25) is 0 Å². The van der Waals surface area contributed by atoms with Crippen molar-refractivity contribution in [2.24, 2.45) is 5.92 Å². The van der Waals surface area contributed by atoms with Gasteiger partial charge in [0, 0.05) is 14.8 Å². The molecule has 0 aliphatic rings. The first-order valence-electron chi connectivity index (χ1n) is 6.91. The van der Waals surface area contributed by atoms with Crippen LogP contribution < -0.4 is 0 Å². The summed E-state index contributed by atoms with van der Waals surface area (Å²) in [4.78, 5) is 0. The van der Waals surface area contributed by atoms with Gasteiger partial charge in [0.2, 0.25) is 0 Å². The van der Waals surface area contributed by atoms with Crippen LogP contribution in [0.3, 0.4) is 0 Å². The van der Waals surface area contributed by atoms with Crippen molar-refractivity contribution < 1.29 is 13.3 Å². The fourth-order valence-corrected chi connectivity index (χ4v) is 0.877. The van der Waals surface area contributed by atoms with Gasteiger partial charge >= 0.3 is 0 Å². The number of allylic oxidation sites excluding steroid dienone is 2. The van der Waals surface area contributed by atoms with E-state index in [0.29, 0.717) is 19.3 Å². The van der Waals surface area contributed by atoms with E-state index in [1.165, 1.54) is 6.08 Å². The first-order valence-corrected chi connectivity index (χ1v) is 3.91. The zero-order chi connectivity index (χ0) is 13.7. The van der Waals surface area contributed by atoms with Crippen LogP contribution in [0.4, 0.5) is 0 Å². The second-order valence-corrected chi connectivity index (χ2v) is 2.81. The van der Waals surface area contributed by atoms with Crippen LogP contribution in [0.15, 0.2) is 11.6 Å². The second-order valence-electron chi connectivity index (χ2n) is 2.81. The Morgan fingerprint density at radius 3 is 2.82 bits per heavy atom. The quantitative estimate of drug-likeness (QED) is 0.616. The van der Waals surface area contributed by atoms with Crippen molar-refractivity contribution in [1.82, 2.24) is 0 Å². The Bertz CT molecular complexity index is 237. The second kappa shape index (κ2) is 6.41. The molecule has 11 heavy (non-hydrogen) atoms. The van der Waals surface area contributed by atoms with Gasteiger partial charge in [-0.05, 0) is 38.9 Å². The normalized spacial score (nSPS) is 23.1. The Morgan fingerprint density at radius 1 is 1.55 bits per heavy atom. The van der Waals surface area contributed by atoms with Crippen LogP contribution in [0.1, 0.15) is 48.1 Å². The van der Waals surface area contributed by atoms with E-state index in [0.717, 1.165) is 0 Å². The van der Waals surface area contributed by atoms with Gasteiger partial charge < -0.3 is 5.11 Å². The molecule has 0 amide bonds. The van der Waals surface area contributed by atoms with Gasteiger partial charge in [0.25, 0.3) is 0 Å². The molecule has 0 bridgehead atoms. The van der Waals surface area contributed by atoms with E-state index in [9.17, 15) is 0 Å². The van der Waals surface area contributed by atoms with E-state index < -0.39 is 19.3 Å². The lowest BCUT2D eigenvalue weighted by Crippen LogP contribution is -1.96. The maximum Gasteiger partial charge on any atom is 0.0433 e. The zero-order valence-corrected chi connectivity index (χ0v) is 6.93. The third kappa shape index (κ3) is 7.60. The third-order valence-electron chi connectivity index (χ3n) is 1.63. The predicted octanol–water partition coefficient (Wildman–Crippen LogP) is 2.75. The van der Waals surface area contributed by atoms with Crippen molar-refractivity contribution in [3.05, 3.63) is 11.6 Å².